The van der Waals surface area contributed by atoms with Crippen LogP contribution in [-0.2, 0) is 0 Å². The second kappa shape index (κ2) is 8.23. The van der Waals surface area contributed by atoms with E-state index in [9.17, 15) is 9.18 Å². The van der Waals surface area contributed by atoms with Crippen LogP contribution < -0.4 is 10.2 Å². The summed E-state index contributed by atoms with van der Waals surface area (Å²) < 4.78 is 16.6. The summed E-state index contributed by atoms with van der Waals surface area (Å²) in [5.41, 5.74) is 2.07. The summed E-state index contributed by atoms with van der Waals surface area (Å²) in [6.45, 7) is 1.85. The Morgan fingerprint density at radius 3 is 2.94 bits per heavy atom. The first-order valence-electron chi connectivity index (χ1n) is 10.3. The third-order valence-corrected chi connectivity index (χ3v) is 6.92. The minimum atomic E-state index is -0.233. The summed E-state index contributed by atoms with van der Waals surface area (Å²) in [4.78, 5) is 21.2. The van der Waals surface area contributed by atoms with Crippen LogP contribution in [0.2, 0.25) is 0 Å². The molecule has 31 heavy (non-hydrogen) atoms. The zero-order chi connectivity index (χ0) is 21.5. The summed E-state index contributed by atoms with van der Waals surface area (Å²) in [6.07, 6.45) is 5.82. The summed E-state index contributed by atoms with van der Waals surface area (Å²) in [5.74, 6) is 0.543. The first kappa shape index (κ1) is 20.4. The highest BCUT2D eigenvalue weighted by atomic mass is 127. The first-order chi connectivity index (χ1) is 15.0. The number of hydrogen-bond donors (Lipinski definition) is 1. The molecule has 0 saturated carbocycles. The van der Waals surface area contributed by atoms with E-state index >= 15 is 0 Å². The lowest BCUT2D eigenvalue weighted by Crippen LogP contribution is -2.33. The Kier molecular flexibility index (Phi) is 5.42. The van der Waals surface area contributed by atoms with Gasteiger partial charge in [-0.3, -0.25) is 0 Å². The van der Waals surface area contributed by atoms with Crippen LogP contribution in [0.5, 0.6) is 0 Å². The van der Waals surface area contributed by atoms with Crippen molar-refractivity contribution in [1.82, 2.24) is 19.5 Å². The molecule has 2 atom stereocenters. The molecule has 10 heteroatoms. The Balaban J connectivity index is 1.43. The number of anilines is 2. The molecule has 0 radical (unpaired) electrons. The van der Waals surface area contributed by atoms with Gasteiger partial charge in [0.05, 0.1) is 18.8 Å². The van der Waals surface area contributed by atoms with Gasteiger partial charge in [-0.05, 0) is 65.3 Å². The molecule has 3 N–H and O–H groups in total. The highest BCUT2D eigenvalue weighted by molar-refractivity contribution is 14.1. The summed E-state index contributed by atoms with van der Waals surface area (Å²) in [6, 6.07) is 6.63. The van der Waals surface area contributed by atoms with Crippen LogP contribution in [-0.4, -0.2) is 56.4 Å². The third-order valence-electron chi connectivity index (χ3n) is 5.94. The number of carbonyl (C=O) groups excluding carboxylic acids is 1. The minimum absolute atomic E-state index is 0.0529. The first-order valence-corrected chi connectivity index (χ1v) is 11.4. The summed E-state index contributed by atoms with van der Waals surface area (Å²) >= 11 is 2.25. The number of amides is 2. The van der Waals surface area contributed by atoms with E-state index in [1.54, 1.807) is 21.7 Å². The van der Waals surface area contributed by atoms with Crippen molar-refractivity contribution < 1.29 is 14.3 Å². The molecule has 4 heterocycles. The van der Waals surface area contributed by atoms with Gasteiger partial charge in [0.2, 0.25) is 0 Å². The molecule has 3 aromatic rings. The monoisotopic (exact) mass is 537 g/mol. The number of halogens is 2. The Bertz CT molecular complexity index is 1140. The van der Waals surface area contributed by atoms with Crippen molar-refractivity contribution in [2.75, 3.05) is 29.9 Å². The lowest BCUT2D eigenvalue weighted by molar-refractivity contribution is 0.176. The van der Waals surface area contributed by atoms with E-state index in [1.165, 1.54) is 6.07 Å². The molecule has 0 spiro atoms. The third kappa shape index (κ3) is 3.93. The predicted octanol–water partition coefficient (Wildman–Crippen LogP) is 3.15. The second-order valence-corrected chi connectivity index (χ2v) is 9.15. The van der Waals surface area contributed by atoms with Crippen molar-refractivity contribution in [1.29, 1.82) is 0 Å². The molecule has 2 saturated heterocycles. The van der Waals surface area contributed by atoms with Gasteiger partial charge in [0.1, 0.15) is 17.3 Å². The van der Waals surface area contributed by atoms with Crippen LogP contribution in [0, 0.1) is 9.39 Å². The van der Waals surface area contributed by atoms with E-state index in [1.807, 2.05) is 18.3 Å². The topological polar surface area (TPSA) is 88.7 Å². The van der Waals surface area contributed by atoms with Gasteiger partial charge in [0.25, 0.3) is 0 Å². The number of rotatable bonds is 3. The van der Waals surface area contributed by atoms with Gasteiger partial charge >= 0.3 is 6.03 Å². The average Bonchev–Trinajstić information content (AvgIpc) is 3.49. The van der Waals surface area contributed by atoms with Crippen LogP contribution in [0.25, 0.3) is 5.65 Å². The molecule has 2 aromatic heterocycles. The molecular weight excluding hydrogens is 514 g/mol. The number of urea groups is 1. The molecule has 8 nitrogen and oxygen atoms in total. The van der Waals surface area contributed by atoms with Gasteiger partial charge in [-0.25, -0.2) is 18.7 Å². The molecule has 1 aromatic carbocycles. The maximum Gasteiger partial charge on any atom is 0.322 e. The fourth-order valence-electron chi connectivity index (χ4n) is 4.38. The number of likely N-dealkylation sites (tertiary alicyclic amines) is 1. The van der Waals surface area contributed by atoms with E-state index in [0.29, 0.717) is 30.8 Å². The number of nitrogens with zero attached hydrogens (tertiary/aromatic N) is 5. The lowest BCUT2D eigenvalue weighted by atomic mass is 10.0. The largest absolute Gasteiger partial charge is 0.442 e. The van der Waals surface area contributed by atoms with E-state index in [-0.39, 0.29) is 24.0 Å². The molecule has 162 valence electrons. The standard InChI is InChI=1S/C21H22FIN6O2/c22-13-3-4-16(23)15(10-13)18-2-1-7-28(18)19-6-9-29-20(26-19)17(11-24-29)25-21(31)27-8-5-14(30)12-27/h3-4,6,9-11,14,18,30H,1-2,5,7-8,12H2,(H,25,31)/p+1/t14-,18?/m0/s1. The number of aromatic nitrogens is 3. The number of benzene rings is 1. The van der Waals surface area contributed by atoms with Crippen LogP contribution in [0.1, 0.15) is 30.9 Å². The SMILES string of the molecule is O=C(Nc1cnn2ccc(N3CCCC3c3cc(F)ccc3I)nc12)N1CC[C@H]([OH2+])C1. The van der Waals surface area contributed by atoms with Crippen molar-refractivity contribution in [3.63, 3.8) is 0 Å². The number of nitrogens with one attached hydrogen (secondary N) is 1. The molecule has 1 unspecified atom stereocenters. The smallest absolute Gasteiger partial charge is 0.322 e. The van der Waals surface area contributed by atoms with Crippen molar-refractivity contribution in [2.24, 2.45) is 0 Å². The van der Waals surface area contributed by atoms with Crippen molar-refractivity contribution >= 4 is 45.8 Å². The van der Waals surface area contributed by atoms with Crippen LogP contribution >= 0.6 is 22.6 Å². The Morgan fingerprint density at radius 1 is 1.26 bits per heavy atom. The number of hydrogen-bond acceptors (Lipinski definition) is 4. The fraction of sp³-hybridized carbons (Fsp3) is 0.381. The Morgan fingerprint density at radius 2 is 2.13 bits per heavy atom. The van der Waals surface area contributed by atoms with Gasteiger partial charge < -0.3 is 20.2 Å². The summed E-state index contributed by atoms with van der Waals surface area (Å²) in [7, 11) is 0. The van der Waals surface area contributed by atoms with Crippen LogP contribution in [0.15, 0.2) is 36.7 Å². The van der Waals surface area contributed by atoms with Gasteiger partial charge in [-0.15, -0.1) is 0 Å². The van der Waals surface area contributed by atoms with E-state index in [4.69, 9.17) is 10.1 Å². The zero-order valence-electron chi connectivity index (χ0n) is 16.8. The number of fused-ring (bicyclic) bond motifs is 1. The molecule has 0 bridgehead atoms. The van der Waals surface area contributed by atoms with Gasteiger partial charge in [0.15, 0.2) is 11.8 Å². The maximum absolute atomic E-state index is 13.9. The normalized spacial score (nSPS) is 21.3. The van der Waals surface area contributed by atoms with Crippen molar-refractivity contribution in [3.05, 3.63) is 51.6 Å². The number of carbonyl (C=O) groups is 1. The maximum atomic E-state index is 13.9. The molecular formula is C21H23FIN6O2+. The minimum Gasteiger partial charge on any atom is -0.442 e. The zero-order valence-corrected chi connectivity index (χ0v) is 18.9. The highest BCUT2D eigenvalue weighted by Crippen LogP contribution is 2.37. The van der Waals surface area contributed by atoms with Gasteiger partial charge in [0, 0.05) is 29.3 Å². The van der Waals surface area contributed by atoms with Crippen molar-refractivity contribution in [3.8, 4) is 0 Å². The van der Waals surface area contributed by atoms with E-state index < -0.39 is 0 Å². The molecule has 2 aliphatic heterocycles. The molecule has 2 fully saturated rings. The second-order valence-electron chi connectivity index (χ2n) is 7.99. The fourth-order valence-corrected chi connectivity index (χ4v) is 5.08. The summed E-state index contributed by atoms with van der Waals surface area (Å²) in [5, 5.41) is 15.0. The molecule has 0 aliphatic carbocycles. The predicted molar refractivity (Wildman–Crippen MR) is 124 cm³/mol. The Hall–Kier alpha value is -2.47. The molecule has 5 rings (SSSR count). The quantitative estimate of drug-likeness (QED) is 0.411. The Labute approximate surface area is 192 Å². The molecule has 2 amide bonds. The van der Waals surface area contributed by atoms with Gasteiger partial charge in [-0.2, -0.15) is 5.10 Å². The van der Waals surface area contributed by atoms with Crippen LogP contribution in [0.4, 0.5) is 20.7 Å². The van der Waals surface area contributed by atoms with Gasteiger partial charge in [-0.1, -0.05) is 0 Å². The van der Waals surface area contributed by atoms with Crippen LogP contribution in [0.3, 0.4) is 0 Å². The van der Waals surface area contributed by atoms with E-state index in [2.05, 4.69) is 37.9 Å². The molecule has 2 aliphatic rings. The highest BCUT2D eigenvalue weighted by Gasteiger charge is 2.30. The van der Waals surface area contributed by atoms with E-state index in [0.717, 1.165) is 34.3 Å². The van der Waals surface area contributed by atoms with Crippen molar-refractivity contribution in [2.45, 2.75) is 31.4 Å². The lowest BCUT2D eigenvalue weighted by Gasteiger charge is -2.27. The average molecular weight is 537 g/mol.